The summed E-state index contributed by atoms with van der Waals surface area (Å²) in [7, 11) is 0. The van der Waals surface area contributed by atoms with Crippen molar-refractivity contribution < 1.29 is 0 Å². The molecule has 0 N–H and O–H groups in total. The van der Waals surface area contributed by atoms with E-state index in [0.717, 1.165) is 10.2 Å². The standard InChI is InChI=1S/C13H14BrN3/c1-10(2)17(7-3-6-15)12-5-4-11(9-16)13(14)8-12/h4-5,8,10H,3,7H2,1-2H3. The third-order valence-electron chi connectivity index (χ3n) is 2.49. The molecule has 0 aliphatic heterocycles. The molecule has 0 atom stereocenters. The van der Waals surface area contributed by atoms with Gasteiger partial charge in [0.05, 0.1) is 18.1 Å². The minimum atomic E-state index is 0.322. The predicted molar refractivity (Wildman–Crippen MR) is 71.6 cm³/mol. The van der Waals surface area contributed by atoms with Gasteiger partial charge in [-0.05, 0) is 48.0 Å². The molecule has 0 aromatic heterocycles. The zero-order valence-electron chi connectivity index (χ0n) is 9.94. The minimum Gasteiger partial charge on any atom is -0.368 e. The maximum atomic E-state index is 8.86. The van der Waals surface area contributed by atoms with Gasteiger partial charge in [0.1, 0.15) is 6.07 Å². The summed E-state index contributed by atoms with van der Waals surface area (Å²) < 4.78 is 0.792. The molecule has 1 aromatic carbocycles. The number of nitriles is 2. The molecule has 4 heteroatoms. The van der Waals surface area contributed by atoms with Crippen LogP contribution in [-0.2, 0) is 0 Å². The zero-order chi connectivity index (χ0) is 12.8. The summed E-state index contributed by atoms with van der Waals surface area (Å²) in [4.78, 5) is 2.15. The molecule has 0 heterocycles. The van der Waals surface area contributed by atoms with Crippen molar-refractivity contribution in [1.29, 1.82) is 10.5 Å². The van der Waals surface area contributed by atoms with E-state index in [1.54, 1.807) is 6.07 Å². The first-order valence-corrected chi connectivity index (χ1v) is 6.22. The van der Waals surface area contributed by atoms with Gasteiger partial charge in [0.15, 0.2) is 0 Å². The highest BCUT2D eigenvalue weighted by Crippen LogP contribution is 2.25. The minimum absolute atomic E-state index is 0.322. The highest BCUT2D eigenvalue weighted by Gasteiger charge is 2.11. The Bertz CT molecular complexity index is 469. The fourth-order valence-electron chi connectivity index (χ4n) is 1.63. The van der Waals surface area contributed by atoms with Crippen LogP contribution < -0.4 is 4.90 Å². The monoisotopic (exact) mass is 291 g/mol. The Labute approximate surface area is 110 Å². The summed E-state index contributed by atoms with van der Waals surface area (Å²) in [6, 6.07) is 10.2. The maximum Gasteiger partial charge on any atom is 0.100 e. The lowest BCUT2D eigenvalue weighted by Crippen LogP contribution is -2.31. The predicted octanol–water partition coefficient (Wildman–Crippen LogP) is 3.45. The van der Waals surface area contributed by atoms with E-state index in [-0.39, 0.29) is 0 Å². The van der Waals surface area contributed by atoms with Gasteiger partial charge in [0.25, 0.3) is 0 Å². The van der Waals surface area contributed by atoms with E-state index in [2.05, 4.69) is 46.8 Å². The SMILES string of the molecule is CC(C)N(CCC#N)c1ccc(C#N)c(Br)c1. The van der Waals surface area contributed by atoms with Crippen molar-refractivity contribution >= 4 is 21.6 Å². The first kappa shape index (κ1) is 13.5. The van der Waals surface area contributed by atoms with Gasteiger partial charge in [0.2, 0.25) is 0 Å². The van der Waals surface area contributed by atoms with Crippen LogP contribution in [0, 0.1) is 22.7 Å². The maximum absolute atomic E-state index is 8.86. The Balaban J connectivity index is 3.00. The first-order valence-electron chi connectivity index (χ1n) is 5.43. The average Bonchev–Trinajstić information content (AvgIpc) is 2.29. The third kappa shape index (κ3) is 3.47. The molecule has 0 radical (unpaired) electrons. The van der Waals surface area contributed by atoms with Gasteiger partial charge in [0, 0.05) is 22.7 Å². The van der Waals surface area contributed by atoms with Crippen molar-refractivity contribution in [2.45, 2.75) is 26.3 Å². The van der Waals surface area contributed by atoms with Gasteiger partial charge in [-0.3, -0.25) is 0 Å². The van der Waals surface area contributed by atoms with Crippen LogP contribution in [0.1, 0.15) is 25.8 Å². The van der Waals surface area contributed by atoms with Crippen molar-refractivity contribution in [3.63, 3.8) is 0 Å². The number of hydrogen-bond donors (Lipinski definition) is 0. The summed E-state index contributed by atoms with van der Waals surface area (Å²) in [5.74, 6) is 0. The van der Waals surface area contributed by atoms with Crippen molar-refractivity contribution in [2.75, 3.05) is 11.4 Å². The summed E-state index contributed by atoms with van der Waals surface area (Å²) in [5.41, 5.74) is 1.65. The second-order valence-electron chi connectivity index (χ2n) is 3.97. The molecule has 0 aliphatic rings. The number of benzene rings is 1. The molecule has 0 fully saturated rings. The normalized spacial score (nSPS) is 9.76. The number of anilines is 1. The van der Waals surface area contributed by atoms with Crippen LogP contribution in [0.15, 0.2) is 22.7 Å². The van der Waals surface area contributed by atoms with Gasteiger partial charge in [-0.25, -0.2) is 0 Å². The van der Waals surface area contributed by atoms with Gasteiger partial charge in [-0.1, -0.05) is 0 Å². The van der Waals surface area contributed by atoms with E-state index in [4.69, 9.17) is 10.5 Å². The smallest absolute Gasteiger partial charge is 0.100 e. The van der Waals surface area contributed by atoms with Gasteiger partial charge in [-0.2, -0.15) is 10.5 Å². The highest BCUT2D eigenvalue weighted by atomic mass is 79.9. The molecular weight excluding hydrogens is 278 g/mol. The van der Waals surface area contributed by atoms with E-state index in [9.17, 15) is 0 Å². The third-order valence-corrected chi connectivity index (χ3v) is 3.15. The average molecular weight is 292 g/mol. The number of nitrogens with zero attached hydrogens (tertiary/aromatic N) is 3. The van der Waals surface area contributed by atoms with Gasteiger partial charge >= 0.3 is 0 Å². The second kappa shape index (κ2) is 6.27. The van der Waals surface area contributed by atoms with E-state index in [1.165, 1.54) is 0 Å². The molecule has 0 spiro atoms. The summed E-state index contributed by atoms with van der Waals surface area (Å²) in [6.45, 7) is 4.87. The van der Waals surface area contributed by atoms with Gasteiger partial charge < -0.3 is 4.90 Å². The van der Waals surface area contributed by atoms with Crippen LogP contribution in [-0.4, -0.2) is 12.6 Å². The Morgan fingerprint density at radius 2 is 2.06 bits per heavy atom. The lowest BCUT2D eigenvalue weighted by atomic mass is 10.2. The summed E-state index contributed by atoms with van der Waals surface area (Å²) >= 11 is 3.38. The fraction of sp³-hybridized carbons (Fsp3) is 0.385. The number of rotatable bonds is 4. The van der Waals surface area contributed by atoms with Crippen molar-refractivity contribution in [2.24, 2.45) is 0 Å². The zero-order valence-corrected chi connectivity index (χ0v) is 11.5. The van der Waals surface area contributed by atoms with E-state index >= 15 is 0 Å². The van der Waals surface area contributed by atoms with Crippen LogP contribution in [0.4, 0.5) is 5.69 Å². The van der Waals surface area contributed by atoms with Crippen molar-refractivity contribution in [1.82, 2.24) is 0 Å². The molecule has 1 aromatic rings. The Hall–Kier alpha value is -1.52. The van der Waals surface area contributed by atoms with Crippen LogP contribution in [0.3, 0.4) is 0 Å². The molecule has 17 heavy (non-hydrogen) atoms. The van der Waals surface area contributed by atoms with E-state index in [0.29, 0.717) is 24.6 Å². The second-order valence-corrected chi connectivity index (χ2v) is 4.83. The van der Waals surface area contributed by atoms with Crippen molar-refractivity contribution in [3.8, 4) is 12.1 Å². The van der Waals surface area contributed by atoms with Crippen LogP contribution in [0.25, 0.3) is 0 Å². The molecule has 0 aliphatic carbocycles. The molecule has 3 nitrogen and oxygen atoms in total. The van der Waals surface area contributed by atoms with E-state index in [1.807, 2.05) is 12.1 Å². The summed E-state index contributed by atoms with van der Waals surface area (Å²) in [6.07, 6.45) is 0.496. The lowest BCUT2D eigenvalue weighted by molar-refractivity contribution is 0.686. The number of hydrogen-bond acceptors (Lipinski definition) is 3. The molecule has 0 bridgehead atoms. The largest absolute Gasteiger partial charge is 0.368 e. The highest BCUT2D eigenvalue weighted by molar-refractivity contribution is 9.10. The van der Waals surface area contributed by atoms with Crippen molar-refractivity contribution in [3.05, 3.63) is 28.2 Å². The molecule has 0 unspecified atom stereocenters. The van der Waals surface area contributed by atoms with Gasteiger partial charge in [-0.15, -0.1) is 0 Å². The van der Waals surface area contributed by atoms with Crippen LogP contribution in [0.5, 0.6) is 0 Å². The molecule has 1 rings (SSSR count). The Morgan fingerprint density at radius 3 is 2.53 bits per heavy atom. The molecule has 0 saturated heterocycles. The quantitative estimate of drug-likeness (QED) is 0.854. The topological polar surface area (TPSA) is 50.8 Å². The van der Waals surface area contributed by atoms with E-state index < -0.39 is 0 Å². The lowest BCUT2D eigenvalue weighted by Gasteiger charge is -2.28. The fourth-order valence-corrected chi connectivity index (χ4v) is 2.08. The Kier molecular flexibility index (Phi) is 5.00. The molecule has 0 saturated carbocycles. The number of halogens is 1. The Morgan fingerprint density at radius 1 is 1.35 bits per heavy atom. The summed E-state index contributed by atoms with van der Waals surface area (Å²) in [5, 5.41) is 17.5. The van der Waals surface area contributed by atoms with Crippen LogP contribution in [0.2, 0.25) is 0 Å². The first-order chi connectivity index (χ1) is 8.10. The van der Waals surface area contributed by atoms with Crippen LogP contribution >= 0.6 is 15.9 Å². The molecular formula is C13H14BrN3. The molecule has 0 amide bonds. The molecule has 88 valence electrons.